The number of hydrogen-bond donors (Lipinski definition) is 0. The van der Waals surface area contributed by atoms with Gasteiger partial charge >= 0.3 is 6.09 Å². The van der Waals surface area contributed by atoms with Gasteiger partial charge in [0, 0.05) is 6.54 Å². The minimum atomic E-state index is -0.232. The maximum Gasteiger partial charge on any atom is 0.410 e. The second kappa shape index (κ2) is 6.73. The highest BCUT2D eigenvalue weighted by molar-refractivity contribution is 5.70. The summed E-state index contributed by atoms with van der Waals surface area (Å²) in [4.78, 5) is 13.8. The molecule has 1 atom stereocenters. The molecule has 23 heavy (non-hydrogen) atoms. The Morgan fingerprint density at radius 1 is 1.09 bits per heavy atom. The lowest BCUT2D eigenvalue weighted by Crippen LogP contribution is -2.34. The van der Waals surface area contributed by atoms with Crippen LogP contribution in [0.25, 0.3) is 0 Å². The van der Waals surface area contributed by atoms with Gasteiger partial charge in [-0.2, -0.15) is 0 Å². The molecule has 0 aliphatic carbocycles. The normalized spacial score (nSPS) is 17.2. The number of amides is 1. The van der Waals surface area contributed by atoms with Gasteiger partial charge in [0.25, 0.3) is 0 Å². The van der Waals surface area contributed by atoms with Crippen molar-refractivity contribution in [2.45, 2.75) is 25.9 Å². The fraction of sp³-hybridized carbons (Fsp3) is 0.316. The van der Waals surface area contributed by atoms with Crippen LogP contribution in [-0.2, 0) is 17.7 Å². The molecule has 1 aliphatic rings. The molecule has 0 aromatic heterocycles. The molecule has 0 bridgehead atoms. The largest absolute Gasteiger partial charge is 0.497 e. The van der Waals surface area contributed by atoms with Crippen LogP contribution in [-0.4, -0.2) is 30.8 Å². The molecule has 1 aliphatic heterocycles. The number of cyclic esters (lactones) is 1. The van der Waals surface area contributed by atoms with Gasteiger partial charge in [0.1, 0.15) is 12.4 Å². The van der Waals surface area contributed by atoms with E-state index in [0.717, 1.165) is 17.7 Å². The summed E-state index contributed by atoms with van der Waals surface area (Å²) in [5.41, 5.74) is 3.50. The van der Waals surface area contributed by atoms with E-state index in [1.54, 1.807) is 7.11 Å². The lowest BCUT2D eigenvalue weighted by Gasteiger charge is -2.21. The summed E-state index contributed by atoms with van der Waals surface area (Å²) in [5.74, 6) is 0.837. The highest BCUT2D eigenvalue weighted by Crippen LogP contribution is 2.21. The first kappa shape index (κ1) is 15.4. The third-order valence-electron chi connectivity index (χ3n) is 4.18. The van der Waals surface area contributed by atoms with Crippen molar-refractivity contribution in [3.05, 3.63) is 65.2 Å². The average molecular weight is 311 g/mol. The monoisotopic (exact) mass is 311 g/mol. The fourth-order valence-electron chi connectivity index (χ4n) is 2.78. The number of nitrogens with zero attached hydrogens (tertiary/aromatic N) is 1. The molecule has 3 rings (SSSR count). The van der Waals surface area contributed by atoms with E-state index in [9.17, 15) is 4.79 Å². The Bertz CT molecular complexity index is 664. The van der Waals surface area contributed by atoms with Crippen molar-refractivity contribution in [1.82, 2.24) is 4.90 Å². The van der Waals surface area contributed by atoms with E-state index in [4.69, 9.17) is 9.47 Å². The maximum absolute atomic E-state index is 12.0. The van der Waals surface area contributed by atoms with Gasteiger partial charge in [-0.3, -0.25) is 4.90 Å². The molecule has 0 radical (unpaired) electrons. The number of hydrogen-bond acceptors (Lipinski definition) is 3. The fourth-order valence-corrected chi connectivity index (χ4v) is 2.78. The Labute approximate surface area is 136 Å². The van der Waals surface area contributed by atoms with Crippen molar-refractivity contribution >= 4 is 6.09 Å². The highest BCUT2D eigenvalue weighted by atomic mass is 16.6. The number of ether oxygens (including phenoxy) is 2. The Hall–Kier alpha value is -2.49. The summed E-state index contributed by atoms with van der Waals surface area (Å²) in [7, 11) is 1.65. The first-order chi connectivity index (χ1) is 11.2. The molecular weight excluding hydrogens is 290 g/mol. The van der Waals surface area contributed by atoms with Crippen LogP contribution in [0.4, 0.5) is 4.79 Å². The summed E-state index contributed by atoms with van der Waals surface area (Å²) < 4.78 is 10.4. The summed E-state index contributed by atoms with van der Waals surface area (Å²) >= 11 is 0. The Morgan fingerprint density at radius 2 is 1.74 bits per heavy atom. The number of rotatable bonds is 5. The van der Waals surface area contributed by atoms with Crippen LogP contribution in [0.15, 0.2) is 48.5 Å². The summed E-state index contributed by atoms with van der Waals surface area (Å²) in [6.07, 6.45) is 0.547. The number of aryl methyl sites for hydroxylation is 1. The third-order valence-corrected chi connectivity index (χ3v) is 4.18. The van der Waals surface area contributed by atoms with Gasteiger partial charge in [-0.25, -0.2) is 4.79 Å². The first-order valence-electron chi connectivity index (χ1n) is 7.77. The molecule has 0 saturated carbocycles. The van der Waals surface area contributed by atoms with Gasteiger partial charge < -0.3 is 9.47 Å². The van der Waals surface area contributed by atoms with Crippen LogP contribution in [0, 0.1) is 6.92 Å². The van der Waals surface area contributed by atoms with Gasteiger partial charge in [-0.05, 0) is 36.6 Å². The predicted molar refractivity (Wildman–Crippen MR) is 88.6 cm³/mol. The Balaban J connectivity index is 1.69. The topological polar surface area (TPSA) is 38.8 Å². The van der Waals surface area contributed by atoms with Crippen molar-refractivity contribution in [2.75, 3.05) is 13.7 Å². The molecule has 2 aromatic carbocycles. The van der Waals surface area contributed by atoms with E-state index in [-0.39, 0.29) is 12.1 Å². The molecule has 120 valence electrons. The SMILES string of the molecule is COc1ccc(CC2COC(=O)N2Cc2ccc(C)cc2)cc1. The lowest BCUT2D eigenvalue weighted by atomic mass is 10.0. The second-order valence-electron chi connectivity index (χ2n) is 5.90. The number of carbonyl (C=O) groups excluding carboxylic acids is 1. The van der Waals surface area contributed by atoms with Crippen molar-refractivity contribution in [3.8, 4) is 5.75 Å². The third kappa shape index (κ3) is 3.65. The van der Waals surface area contributed by atoms with Crippen molar-refractivity contribution in [2.24, 2.45) is 0 Å². The Kier molecular flexibility index (Phi) is 4.51. The zero-order valence-corrected chi connectivity index (χ0v) is 13.5. The highest BCUT2D eigenvalue weighted by Gasteiger charge is 2.32. The molecule has 2 aromatic rings. The molecule has 0 spiro atoms. The number of benzene rings is 2. The van der Waals surface area contributed by atoms with Crippen molar-refractivity contribution in [3.63, 3.8) is 0 Å². The van der Waals surface area contributed by atoms with E-state index in [1.165, 1.54) is 11.1 Å². The van der Waals surface area contributed by atoms with E-state index in [2.05, 4.69) is 31.2 Å². The minimum absolute atomic E-state index is 0.0668. The summed E-state index contributed by atoms with van der Waals surface area (Å²) in [6.45, 7) is 3.08. The maximum atomic E-state index is 12.0. The van der Waals surface area contributed by atoms with Gasteiger partial charge in [-0.1, -0.05) is 42.0 Å². The average Bonchev–Trinajstić information content (AvgIpc) is 2.91. The molecule has 0 N–H and O–H groups in total. The van der Waals surface area contributed by atoms with Gasteiger partial charge in [0.15, 0.2) is 0 Å². The van der Waals surface area contributed by atoms with Gasteiger partial charge in [0.2, 0.25) is 0 Å². The van der Waals surface area contributed by atoms with Crippen LogP contribution in [0.1, 0.15) is 16.7 Å². The van der Waals surface area contributed by atoms with Crippen LogP contribution < -0.4 is 4.74 Å². The van der Waals surface area contributed by atoms with Gasteiger partial charge in [-0.15, -0.1) is 0 Å². The zero-order chi connectivity index (χ0) is 16.2. The lowest BCUT2D eigenvalue weighted by molar-refractivity contribution is 0.156. The quantitative estimate of drug-likeness (QED) is 0.847. The Morgan fingerprint density at radius 3 is 2.39 bits per heavy atom. The van der Waals surface area contributed by atoms with E-state index < -0.39 is 0 Å². The smallest absolute Gasteiger partial charge is 0.410 e. The molecule has 4 heteroatoms. The van der Waals surface area contributed by atoms with Crippen molar-refractivity contribution in [1.29, 1.82) is 0 Å². The van der Waals surface area contributed by atoms with Gasteiger partial charge in [0.05, 0.1) is 13.2 Å². The molecule has 4 nitrogen and oxygen atoms in total. The molecule has 1 fully saturated rings. The molecule has 1 saturated heterocycles. The molecule has 1 unspecified atom stereocenters. The van der Waals surface area contributed by atoms with Crippen LogP contribution in [0.5, 0.6) is 5.75 Å². The molecular formula is C19H21NO3. The van der Waals surface area contributed by atoms with Crippen LogP contribution in [0.3, 0.4) is 0 Å². The first-order valence-corrected chi connectivity index (χ1v) is 7.77. The second-order valence-corrected chi connectivity index (χ2v) is 5.90. The van der Waals surface area contributed by atoms with Crippen molar-refractivity contribution < 1.29 is 14.3 Å². The standard InChI is InChI=1S/C19H21NO3/c1-14-3-5-16(6-4-14)12-20-17(13-23-19(20)21)11-15-7-9-18(22-2)10-8-15/h3-10,17H,11-13H2,1-2H3. The van der Waals surface area contributed by atoms with E-state index in [0.29, 0.717) is 13.2 Å². The van der Waals surface area contributed by atoms with Crippen LogP contribution in [0.2, 0.25) is 0 Å². The van der Waals surface area contributed by atoms with E-state index >= 15 is 0 Å². The summed E-state index contributed by atoms with van der Waals surface area (Å²) in [5, 5.41) is 0. The van der Waals surface area contributed by atoms with Crippen LogP contribution >= 0.6 is 0 Å². The number of carbonyl (C=O) groups is 1. The predicted octanol–water partition coefficient (Wildman–Crippen LogP) is 3.57. The minimum Gasteiger partial charge on any atom is -0.497 e. The number of methoxy groups -OCH3 is 1. The zero-order valence-electron chi connectivity index (χ0n) is 13.5. The van der Waals surface area contributed by atoms with E-state index in [1.807, 2.05) is 29.2 Å². The summed E-state index contributed by atoms with van der Waals surface area (Å²) in [6, 6.07) is 16.3. The molecule has 1 amide bonds. The molecule has 1 heterocycles.